The lowest BCUT2D eigenvalue weighted by molar-refractivity contribution is -0.295. The van der Waals surface area contributed by atoms with Gasteiger partial charge >= 0.3 is 8.25 Å². The summed E-state index contributed by atoms with van der Waals surface area (Å²) < 4.78 is 83.7. The molecule has 7 rings (SSSR count). The normalized spacial score (nSPS) is 19.7. The highest BCUT2D eigenvalue weighted by molar-refractivity contribution is 7.33. The predicted molar refractivity (Wildman–Crippen MR) is 244 cm³/mol. The summed E-state index contributed by atoms with van der Waals surface area (Å²) in [5.74, 6) is 1.42. The van der Waals surface area contributed by atoms with Gasteiger partial charge in [-0.25, -0.2) is 0 Å². The number of rotatable bonds is 26. The SMILES string of the molecule is COc1ccc(CO[C@@H]2[C@@H](OCc3ccccc3)[C@@H](OCOCc3ccccc3)C(O[P+](=O)OCc3ccccc3)[C@H](OCOCc3ccccc3)[C@H]2OCc2ccc(OC)cc2)cc1. The summed E-state index contributed by atoms with van der Waals surface area (Å²) in [6, 6.07) is 54.0. The van der Waals surface area contributed by atoms with E-state index in [1.807, 2.05) is 170 Å². The number of ether oxygens (including phenoxy) is 9. The third kappa shape index (κ3) is 14.8. The molecule has 1 saturated carbocycles. The van der Waals surface area contributed by atoms with Crippen molar-refractivity contribution in [2.75, 3.05) is 27.8 Å². The molecule has 6 aromatic carbocycles. The van der Waals surface area contributed by atoms with Crippen LogP contribution in [0.15, 0.2) is 170 Å². The zero-order chi connectivity index (χ0) is 44.9. The van der Waals surface area contributed by atoms with Gasteiger partial charge in [0.1, 0.15) is 62.2 Å². The van der Waals surface area contributed by atoms with Gasteiger partial charge in [-0.15, -0.1) is 9.05 Å². The Balaban J connectivity index is 1.26. The Kier molecular flexibility index (Phi) is 19.0. The van der Waals surface area contributed by atoms with Gasteiger partial charge in [-0.05, 0) is 57.6 Å². The molecule has 13 heteroatoms. The van der Waals surface area contributed by atoms with Crippen molar-refractivity contribution in [3.05, 3.63) is 203 Å². The molecule has 1 fully saturated rings. The Bertz CT molecular complexity index is 2240. The van der Waals surface area contributed by atoms with Gasteiger partial charge in [0.2, 0.25) is 0 Å². The van der Waals surface area contributed by atoms with E-state index >= 15 is 0 Å². The molecule has 6 aromatic rings. The van der Waals surface area contributed by atoms with Crippen molar-refractivity contribution in [3.8, 4) is 11.5 Å². The molecule has 0 N–H and O–H groups in total. The van der Waals surface area contributed by atoms with Crippen LogP contribution in [-0.2, 0) is 86.4 Å². The summed E-state index contributed by atoms with van der Waals surface area (Å²) >= 11 is 0. The molecule has 340 valence electrons. The molecule has 0 bridgehead atoms. The van der Waals surface area contributed by atoms with E-state index in [1.54, 1.807) is 14.2 Å². The third-order valence-corrected chi connectivity index (χ3v) is 11.5. The van der Waals surface area contributed by atoms with Crippen LogP contribution >= 0.6 is 8.25 Å². The highest BCUT2D eigenvalue weighted by Crippen LogP contribution is 2.40. The van der Waals surface area contributed by atoms with Crippen molar-refractivity contribution in [3.63, 3.8) is 0 Å². The van der Waals surface area contributed by atoms with Crippen LogP contribution in [0.4, 0.5) is 0 Å². The lowest BCUT2D eigenvalue weighted by Crippen LogP contribution is -2.67. The topological polar surface area (TPSA) is 119 Å². The maximum absolute atomic E-state index is 14.1. The van der Waals surface area contributed by atoms with Crippen LogP contribution in [0.1, 0.15) is 33.4 Å². The molecule has 1 aliphatic rings. The predicted octanol–water partition coefficient (Wildman–Crippen LogP) is 10.2. The summed E-state index contributed by atoms with van der Waals surface area (Å²) in [6.07, 6.45) is -5.82. The Hall–Kier alpha value is -5.34. The molecule has 1 aliphatic carbocycles. The molecule has 0 spiro atoms. The smallest absolute Gasteiger partial charge is 0.497 e. The molecular weight excluding hydrogens is 848 g/mol. The van der Waals surface area contributed by atoms with E-state index in [2.05, 4.69) is 0 Å². The van der Waals surface area contributed by atoms with Crippen molar-refractivity contribution in [2.24, 2.45) is 0 Å². The molecule has 0 aromatic heterocycles. The Morgan fingerprint density at radius 1 is 0.354 bits per heavy atom. The molecule has 65 heavy (non-hydrogen) atoms. The second kappa shape index (κ2) is 26.0. The first-order chi connectivity index (χ1) is 32.1. The molecule has 0 heterocycles. The summed E-state index contributed by atoms with van der Waals surface area (Å²) in [4.78, 5) is 0. The Morgan fingerprint density at radius 2 is 0.662 bits per heavy atom. The highest BCUT2D eigenvalue weighted by Gasteiger charge is 2.58. The molecule has 0 saturated heterocycles. The van der Waals surface area contributed by atoms with Crippen LogP contribution in [0, 0.1) is 0 Å². The minimum absolute atomic E-state index is 0.0408. The highest BCUT2D eigenvalue weighted by atomic mass is 31.1. The van der Waals surface area contributed by atoms with Crippen LogP contribution in [-0.4, -0.2) is 64.4 Å². The van der Waals surface area contributed by atoms with Crippen molar-refractivity contribution < 1.29 is 56.2 Å². The second-order valence-electron chi connectivity index (χ2n) is 15.2. The average molecular weight is 904 g/mol. The molecular formula is C52H56O12P+. The largest absolute Gasteiger partial charge is 0.698 e. The first-order valence-corrected chi connectivity index (χ1v) is 22.6. The van der Waals surface area contributed by atoms with Gasteiger partial charge in [0, 0.05) is 4.57 Å². The van der Waals surface area contributed by atoms with E-state index in [0.717, 1.165) is 33.4 Å². The molecule has 2 unspecified atom stereocenters. The van der Waals surface area contributed by atoms with Gasteiger partial charge in [0.05, 0.1) is 47.3 Å². The summed E-state index contributed by atoms with van der Waals surface area (Å²) in [5.41, 5.74) is 5.41. The zero-order valence-corrected chi connectivity index (χ0v) is 37.5. The summed E-state index contributed by atoms with van der Waals surface area (Å²) in [7, 11) is 0.473. The van der Waals surface area contributed by atoms with E-state index in [4.69, 9.17) is 51.7 Å². The number of benzene rings is 6. The fourth-order valence-electron chi connectivity index (χ4n) is 7.34. The summed E-state index contributed by atoms with van der Waals surface area (Å²) in [6.45, 7) is 0.726. The molecule has 0 amide bonds. The van der Waals surface area contributed by atoms with Crippen LogP contribution < -0.4 is 9.47 Å². The van der Waals surface area contributed by atoms with Gasteiger partial charge in [0.15, 0.2) is 6.10 Å². The Morgan fingerprint density at radius 3 is 1.02 bits per heavy atom. The van der Waals surface area contributed by atoms with Gasteiger partial charge < -0.3 is 42.6 Å². The molecule has 0 aliphatic heterocycles. The standard InChI is InChI=1S/C52H56O12P/c1-54-45-27-23-43(24-28-45)34-59-47-48(58-33-41-19-11-5-12-20-41)50(61-37-56-31-39-15-7-3-8-16-39)52(64-65(53)63-36-42-21-13-6-14-22-42)51(62-38-57-32-40-17-9-4-10-18-40)49(47)60-35-44-25-29-46(55-2)30-26-44/h3-30,47-52H,31-38H2,1-2H3/q+1/t47-,48-,49+,50-,51-,52?/m1/s1. The van der Waals surface area contributed by atoms with E-state index < -0.39 is 44.9 Å². The first-order valence-electron chi connectivity index (χ1n) is 21.5. The monoisotopic (exact) mass is 903 g/mol. The lowest BCUT2D eigenvalue weighted by atomic mass is 9.84. The fourth-order valence-corrected chi connectivity index (χ4v) is 8.09. The number of methoxy groups -OCH3 is 2. The second-order valence-corrected chi connectivity index (χ2v) is 16.1. The number of hydrogen-bond donors (Lipinski definition) is 0. The van der Waals surface area contributed by atoms with Gasteiger partial charge in [-0.3, -0.25) is 0 Å². The van der Waals surface area contributed by atoms with E-state index in [0.29, 0.717) is 11.5 Å². The van der Waals surface area contributed by atoms with Crippen molar-refractivity contribution in [1.29, 1.82) is 0 Å². The summed E-state index contributed by atoms with van der Waals surface area (Å²) in [5, 5.41) is 0. The van der Waals surface area contributed by atoms with Crippen LogP contribution in [0.3, 0.4) is 0 Å². The van der Waals surface area contributed by atoms with E-state index in [-0.39, 0.29) is 53.2 Å². The Labute approximate surface area is 382 Å². The van der Waals surface area contributed by atoms with Crippen LogP contribution in [0.2, 0.25) is 0 Å². The van der Waals surface area contributed by atoms with Crippen molar-refractivity contribution >= 4 is 8.25 Å². The minimum atomic E-state index is -2.77. The minimum Gasteiger partial charge on any atom is -0.497 e. The van der Waals surface area contributed by atoms with Crippen molar-refractivity contribution in [2.45, 2.75) is 76.3 Å². The number of hydrogen-bond acceptors (Lipinski definition) is 12. The van der Waals surface area contributed by atoms with E-state index in [1.165, 1.54) is 0 Å². The van der Waals surface area contributed by atoms with Crippen molar-refractivity contribution in [1.82, 2.24) is 0 Å². The maximum Gasteiger partial charge on any atom is 0.698 e. The van der Waals surface area contributed by atoms with E-state index in [9.17, 15) is 4.57 Å². The molecule has 12 nitrogen and oxygen atoms in total. The van der Waals surface area contributed by atoms with Crippen LogP contribution in [0.25, 0.3) is 0 Å². The van der Waals surface area contributed by atoms with Gasteiger partial charge in [0.25, 0.3) is 0 Å². The maximum atomic E-state index is 14.1. The van der Waals surface area contributed by atoms with Crippen LogP contribution in [0.5, 0.6) is 11.5 Å². The lowest BCUT2D eigenvalue weighted by Gasteiger charge is -2.47. The van der Waals surface area contributed by atoms with Gasteiger partial charge in [-0.2, -0.15) is 0 Å². The first kappa shape index (κ1) is 47.6. The molecule has 7 atom stereocenters. The molecule has 0 radical (unpaired) electrons. The third-order valence-electron chi connectivity index (χ3n) is 10.7. The van der Waals surface area contributed by atoms with Gasteiger partial charge in [-0.1, -0.05) is 146 Å². The zero-order valence-electron chi connectivity index (χ0n) is 36.6. The average Bonchev–Trinajstić information content (AvgIpc) is 3.36. The quantitative estimate of drug-likeness (QED) is 0.0293. The fraction of sp³-hybridized carbons (Fsp3) is 0.308.